The lowest BCUT2D eigenvalue weighted by atomic mass is 9.86. The third kappa shape index (κ3) is 12.9. The molecule has 0 fully saturated rings. The molecule has 1 unspecified atom stereocenters. The van der Waals surface area contributed by atoms with E-state index in [1.165, 1.54) is 0 Å². The molecule has 1 aromatic carbocycles. The van der Waals surface area contributed by atoms with Gasteiger partial charge in [0.05, 0.1) is 0 Å². The lowest BCUT2D eigenvalue weighted by Gasteiger charge is -2.20. The Labute approximate surface area is 218 Å². The SMILES string of the molecule is C=C.C=C/C=C(\C=C/CC)C(=O)c1cc(Cl)ccc1C(CC)CC(=O)N/C(=C/C)C(=C)C.CNC. The molecule has 0 bridgehead atoms. The van der Waals surface area contributed by atoms with Gasteiger partial charge in [-0.05, 0) is 70.0 Å². The number of Topliss-reactive ketones (excluding diaryl/α,β-unsaturated/α-hetero) is 1. The van der Waals surface area contributed by atoms with Gasteiger partial charge in [0.25, 0.3) is 0 Å². The van der Waals surface area contributed by atoms with Gasteiger partial charge in [-0.3, -0.25) is 9.59 Å². The second-order valence-electron chi connectivity index (χ2n) is 7.57. The van der Waals surface area contributed by atoms with E-state index in [-0.39, 0.29) is 24.0 Å². The second-order valence-corrected chi connectivity index (χ2v) is 8.01. The number of nitrogens with one attached hydrogen (secondary N) is 2. The van der Waals surface area contributed by atoms with Crippen LogP contribution in [0.4, 0.5) is 0 Å². The highest BCUT2D eigenvalue weighted by molar-refractivity contribution is 6.31. The van der Waals surface area contributed by atoms with Crippen LogP contribution in [0.5, 0.6) is 0 Å². The molecule has 0 aliphatic carbocycles. The number of benzene rings is 1. The monoisotopic (exact) mass is 498 g/mol. The first-order valence-corrected chi connectivity index (χ1v) is 12.1. The van der Waals surface area contributed by atoms with E-state index in [2.05, 4.69) is 36.9 Å². The maximum atomic E-state index is 13.3. The van der Waals surface area contributed by atoms with Gasteiger partial charge in [-0.2, -0.15) is 0 Å². The van der Waals surface area contributed by atoms with Gasteiger partial charge in [0.2, 0.25) is 5.91 Å². The molecule has 5 heteroatoms. The summed E-state index contributed by atoms with van der Waals surface area (Å²) in [6.07, 6.45) is 10.6. The maximum Gasteiger partial charge on any atom is 0.224 e. The summed E-state index contributed by atoms with van der Waals surface area (Å²) in [5.41, 5.74) is 3.38. The van der Waals surface area contributed by atoms with Crippen LogP contribution in [0.3, 0.4) is 0 Å². The van der Waals surface area contributed by atoms with Gasteiger partial charge in [0.1, 0.15) is 0 Å². The molecular weight excluding hydrogens is 456 g/mol. The number of rotatable bonds is 11. The van der Waals surface area contributed by atoms with Crippen LogP contribution in [0, 0.1) is 0 Å². The van der Waals surface area contributed by atoms with Crippen molar-refractivity contribution in [1.82, 2.24) is 10.6 Å². The fourth-order valence-electron chi connectivity index (χ4n) is 3.14. The highest BCUT2D eigenvalue weighted by Gasteiger charge is 2.22. The zero-order valence-electron chi connectivity index (χ0n) is 22.3. The average Bonchev–Trinajstić information content (AvgIpc) is 2.84. The van der Waals surface area contributed by atoms with Crippen molar-refractivity contribution in [2.24, 2.45) is 0 Å². The molecule has 0 aromatic heterocycles. The van der Waals surface area contributed by atoms with Crippen LogP contribution in [0.2, 0.25) is 5.02 Å². The predicted molar refractivity (Wildman–Crippen MR) is 154 cm³/mol. The van der Waals surface area contributed by atoms with Crippen LogP contribution in [0.1, 0.15) is 68.8 Å². The normalized spacial score (nSPS) is 12.0. The number of carbonyl (C=O) groups is 2. The minimum absolute atomic E-state index is 0.112. The molecule has 0 saturated carbocycles. The van der Waals surface area contributed by atoms with Crippen LogP contribution in [-0.2, 0) is 4.79 Å². The molecule has 192 valence electrons. The molecule has 0 radical (unpaired) electrons. The number of allylic oxidation sites excluding steroid dienone is 7. The molecule has 2 N–H and O–H groups in total. The fourth-order valence-corrected chi connectivity index (χ4v) is 3.31. The van der Waals surface area contributed by atoms with E-state index >= 15 is 0 Å². The van der Waals surface area contributed by atoms with Crippen LogP contribution in [0.15, 0.2) is 91.7 Å². The first-order chi connectivity index (χ1) is 16.7. The average molecular weight is 499 g/mol. The largest absolute Gasteiger partial charge is 0.326 e. The van der Waals surface area contributed by atoms with E-state index in [9.17, 15) is 9.59 Å². The summed E-state index contributed by atoms with van der Waals surface area (Å²) >= 11 is 6.22. The van der Waals surface area contributed by atoms with Crippen LogP contribution in [0.25, 0.3) is 0 Å². The molecule has 1 aromatic rings. The van der Waals surface area contributed by atoms with Gasteiger partial charge in [-0.1, -0.05) is 75.1 Å². The van der Waals surface area contributed by atoms with Crippen molar-refractivity contribution in [3.8, 4) is 0 Å². The molecule has 35 heavy (non-hydrogen) atoms. The fraction of sp³-hybridized carbons (Fsp3) is 0.333. The van der Waals surface area contributed by atoms with E-state index in [0.717, 1.165) is 17.6 Å². The summed E-state index contributed by atoms with van der Waals surface area (Å²) in [4.78, 5) is 25.9. The third-order valence-electron chi connectivity index (χ3n) is 4.74. The van der Waals surface area contributed by atoms with Crippen molar-refractivity contribution in [2.75, 3.05) is 14.1 Å². The summed E-state index contributed by atoms with van der Waals surface area (Å²) in [5, 5.41) is 6.14. The first kappa shape index (κ1) is 34.2. The van der Waals surface area contributed by atoms with Crippen molar-refractivity contribution in [3.63, 3.8) is 0 Å². The molecule has 4 nitrogen and oxygen atoms in total. The molecule has 0 spiro atoms. The van der Waals surface area contributed by atoms with Crippen molar-refractivity contribution in [1.29, 1.82) is 0 Å². The maximum absolute atomic E-state index is 13.3. The topological polar surface area (TPSA) is 58.2 Å². The Morgan fingerprint density at radius 1 is 1.17 bits per heavy atom. The predicted octanol–water partition coefficient (Wildman–Crippen LogP) is 7.72. The number of amides is 1. The molecule has 0 saturated heterocycles. The van der Waals surface area contributed by atoms with Crippen LogP contribution >= 0.6 is 11.6 Å². The van der Waals surface area contributed by atoms with Crippen LogP contribution in [-0.4, -0.2) is 25.8 Å². The van der Waals surface area contributed by atoms with Crippen molar-refractivity contribution >= 4 is 23.3 Å². The summed E-state index contributed by atoms with van der Waals surface area (Å²) in [6, 6.07) is 5.29. The lowest BCUT2D eigenvalue weighted by Crippen LogP contribution is -2.25. The highest BCUT2D eigenvalue weighted by Crippen LogP contribution is 2.30. The van der Waals surface area contributed by atoms with E-state index in [1.54, 1.807) is 30.4 Å². The van der Waals surface area contributed by atoms with E-state index in [4.69, 9.17) is 11.6 Å². The zero-order valence-corrected chi connectivity index (χ0v) is 23.1. The number of hydrogen-bond acceptors (Lipinski definition) is 3. The Balaban J connectivity index is 0. The number of ketones is 1. The third-order valence-corrected chi connectivity index (χ3v) is 4.97. The Bertz CT molecular complexity index is 926. The molecule has 0 aliphatic rings. The molecule has 0 heterocycles. The highest BCUT2D eigenvalue weighted by atomic mass is 35.5. The van der Waals surface area contributed by atoms with Crippen LogP contribution < -0.4 is 10.6 Å². The van der Waals surface area contributed by atoms with Gasteiger partial charge in [-0.15, -0.1) is 13.2 Å². The Kier molecular flexibility index (Phi) is 20.0. The summed E-state index contributed by atoms with van der Waals surface area (Å²) < 4.78 is 0. The van der Waals surface area contributed by atoms with Crippen molar-refractivity contribution < 1.29 is 9.59 Å². The Morgan fingerprint density at radius 2 is 1.77 bits per heavy atom. The summed E-state index contributed by atoms with van der Waals surface area (Å²) in [6.45, 7) is 21.3. The molecule has 1 rings (SSSR count). The number of halogens is 1. The van der Waals surface area contributed by atoms with Crippen molar-refractivity contribution in [2.45, 2.75) is 52.9 Å². The van der Waals surface area contributed by atoms with E-state index < -0.39 is 0 Å². The second kappa shape index (κ2) is 20.4. The van der Waals surface area contributed by atoms with Gasteiger partial charge in [0, 0.05) is 28.3 Å². The zero-order chi connectivity index (χ0) is 27.4. The van der Waals surface area contributed by atoms with Gasteiger partial charge < -0.3 is 10.6 Å². The van der Waals surface area contributed by atoms with E-state index in [1.807, 2.05) is 60.0 Å². The van der Waals surface area contributed by atoms with Gasteiger partial charge in [0.15, 0.2) is 5.78 Å². The van der Waals surface area contributed by atoms with Crippen molar-refractivity contribution in [3.05, 3.63) is 108 Å². The van der Waals surface area contributed by atoms with E-state index in [0.29, 0.717) is 28.3 Å². The Hall–Kier alpha value is -2.95. The molecule has 0 aliphatic heterocycles. The summed E-state index contributed by atoms with van der Waals surface area (Å²) in [5.74, 6) is -0.365. The summed E-state index contributed by atoms with van der Waals surface area (Å²) in [7, 11) is 3.75. The smallest absolute Gasteiger partial charge is 0.224 e. The molecule has 1 amide bonds. The number of carbonyl (C=O) groups excluding carboxylic acids is 2. The van der Waals surface area contributed by atoms with Gasteiger partial charge in [-0.25, -0.2) is 0 Å². The Morgan fingerprint density at radius 3 is 2.23 bits per heavy atom. The minimum Gasteiger partial charge on any atom is -0.326 e. The lowest BCUT2D eigenvalue weighted by molar-refractivity contribution is -0.120. The minimum atomic E-state index is -0.132. The quantitative estimate of drug-likeness (QED) is 0.142. The number of hydrogen-bond donors (Lipinski definition) is 2. The van der Waals surface area contributed by atoms with Gasteiger partial charge >= 0.3 is 0 Å². The molecule has 1 atom stereocenters. The molecular formula is C30H43ClN2O2. The standard InChI is InChI=1S/C26H32ClNO2.C2H7N.C2H4/c1-7-11-13-20(12-8-2)26(30)23-17-21(27)14-15-22(23)19(9-3)16-25(29)28-24(10-4)18(5)6;1-3-2;1-2/h8,10-15,17,19H,2,5,7,9,16H2,1,3-4,6H3,(H,28,29);3H,1-2H3;1-2H2/b13-11-,20-12+,24-10+;;. The first-order valence-electron chi connectivity index (χ1n) is 11.7.